The Labute approximate surface area is 301 Å². The molecule has 0 saturated heterocycles. The van der Waals surface area contributed by atoms with E-state index in [4.69, 9.17) is 5.73 Å². The van der Waals surface area contributed by atoms with Crippen LogP contribution in [0.1, 0.15) is 57.3 Å². The van der Waals surface area contributed by atoms with Gasteiger partial charge in [0.1, 0.15) is 18.2 Å². The number of aromatic nitrogens is 1. The molecule has 4 amide bonds. The summed E-state index contributed by atoms with van der Waals surface area (Å²) in [5.74, 6) is -3.91. The van der Waals surface area contributed by atoms with E-state index in [1.165, 1.54) is 12.0 Å². The quantitative estimate of drug-likeness (QED) is 0.0978. The van der Waals surface area contributed by atoms with E-state index in [1.54, 1.807) is 12.3 Å². The number of methoxy groups -OCH3 is 1. The van der Waals surface area contributed by atoms with Crippen molar-refractivity contribution in [1.29, 1.82) is 0 Å². The lowest BCUT2D eigenvalue weighted by Gasteiger charge is -2.41. The van der Waals surface area contributed by atoms with Gasteiger partial charge < -0.3 is 41.0 Å². The molecule has 2 aromatic carbocycles. The molecule has 1 heterocycles. The van der Waals surface area contributed by atoms with E-state index in [9.17, 15) is 37.9 Å². The predicted molar refractivity (Wildman–Crippen MR) is 189 cm³/mol. The number of halogens is 2. The number of hydrogen-bond donors (Lipinski definition) is 5. The molecule has 15 heteroatoms. The van der Waals surface area contributed by atoms with Gasteiger partial charge in [-0.15, -0.1) is 0 Å². The van der Waals surface area contributed by atoms with Crippen LogP contribution in [0.3, 0.4) is 0 Å². The first-order valence-electron chi connectivity index (χ1n) is 16.9. The SMILES string of the molecule is COC(=O)CCC(=O)NCC(=O)NCCNC(=O)C(N)CCN(C(=O)CO)C(c1cc(-c2cc(F)ccc2F)cn1Cc1ccccc1)C(C)(C)C. The Bertz CT molecular complexity index is 1690. The van der Waals surface area contributed by atoms with E-state index in [-0.39, 0.29) is 51.0 Å². The first-order valence-corrected chi connectivity index (χ1v) is 16.9. The third-order valence-electron chi connectivity index (χ3n) is 8.23. The first kappa shape index (κ1) is 41.3. The maximum atomic E-state index is 15.0. The van der Waals surface area contributed by atoms with Crippen LogP contribution in [0.4, 0.5) is 8.78 Å². The fourth-order valence-electron chi connectivity index (χ4n) is 5.68. The third kappa shape index (κ3) is 12.3. The highest BCUT2D eigenvalue weighted by Gasteiger charge is 2.37. The van der Waals surface area contributed by atoms with Gasteiger partial charge in [0.05, 0.1) is 32.2 Å². The minimum atomic E-state index is -1.06. The number of nitrogens with two attached hydrogens (primary N) is 1. The normalized spacial score (nSPS) is 12.4. The van der Waals surface area contributed by atoms with Crippen LogP contribution >= 0.6 is 0 Å². The van der Waals surface area contributed by atoms with Crippen LogP contribution in [-0.2, 0) is 35.3 Å². The summed E-state index contributed by atoms with van der Waals surface area (Å²) in [4.78, 5) is 62.6. The topological polar surface area (TPSA) is 185 Å². The lowest BCUT2D eigenvalue weighted by Crippen LogP contribution is -2.48. The standard InChI is InChI=1S/C37H48F2N6O7/c1-37(2,3)35(30-18-25(27-19-26(38)10-11-28(27)39)22-44(30)21-24-8-6-5-7-9-24)45(33(49)23-46)17-14-29(40)36(51)42-16-15-41-32(48)20-43-31(47)12-13-34(50)52-4/h5-11,18-19,22,29,35,46H,12-17,20-21,23,40H2,1-4H3,(H,41,48)(H,42,51)(H,43,47). The Morgan fingerprint density at radius 3 is 2.29 bits per heavy atom. The third-order valence-corrected chi connectivity index (χ3v) is 8.23. The summed E-state index contributed by atoms with van der Waals surface area (Å²) in [6.45, 7) is 5.00. The van der Waals surface area contributed by atoms with E-state index < -0.39 is 65.3 Å². The van der Waals surface area contributed by atoms with E-state index in [0.29, 0.717) is 17.8 Å². The van der Waals surface area contributed by atoms with Crippen LogP contribution in [-0.4, -0.2) is 90.1 Å². The number of aliphatic hydroxyl groups is 1. The van der Waals surface area contributed by atoms with Gasteiger partial charge in [-0.25, -0.2) is 8.78 Å². The molecule has 0 bridgehead atoms. The second kappa shape index (κ2) is 19.5. The van der Waals surface area contributed by atoms with Gasteiger partial charge in [-0.3, -0.25) is 24.0 Å². The summed E-state index contributed by atoms with van der Waals surface area (Å²) in [7, 11) is 1.21. The summed E-state index contributed by atoms with van der Waals surface area (Å²) in [5, 5.41) is 17.6. The van der Waals surface area contributed by atoms with Gasteiger partial charge in [0.25, 0.3) is 0 Å². The van der Waals surface area contributed by atoms with Crippen LogP contribution in [0.5, 0.6) is 0 Å². The molecule has 0 aliphatic carbocycles. The molecule has 3 aromatic rings. The van der Waals surface area contributed by atoms with Crippen LogP contribution in [0.15, 0.2) is 60.8 Å². The van der Waals surface area contributed by atoms with E-state index in [0.717, 1.165) is 23.8 Å². The average Bonchev–Trinajstić information content (AvgIpc) is 3.51. The number of hydrogen-bond acceptors (Lipinski definition) is 8. The molecule has 52 heavy (non-hydrogen) atoms. The number of carbonyl (C=O) groups is 5. The smallest absolute Gasteiger partial charge is 0.306 e. The van der Waals surface area contributed by atoms with Gasteiger partial charge >= 0.3 is 5.97 Å². The molecule has 0 fully saturated rings. The Kier molecular flexibility index (Phi) is 15.4. The zero-order valence-electron chi connectivity index (χ0n) is 29.9. The molecule has 0 radical (unpaired) electrons. The Hall–Kier alpha value is -5.15. The van der Waals surface area contributed by atoms with Crippen molar-refractivity contribution in [2.75, 3.05) is 39.9 Å². The van der Waals surface area contributed by atoms with Gasteiger partial charge in [0, 0.05) is 55.6 Å². The number of rotatable bonds is 18. The maximum Gasteiger partial charge on any atom is 0.306 e. The molecular weight excluding hydrogens is 678 g/mol. The summed E-state index contributed by atoms with van der Waals surface area (Å²) in [5.41, 5.74) is 7.55. The van der Waals surface area contributed by atoms with Gasteiger partial charge in [0.2, 0.25) is 23.6 Å². The van der Waals surface area contributed by atoms with Crippen LogP contribution in [0.25, 0.3) is 11.1 Å². The molecule has 13 nitrogen and oxygen atoms in total. The molecule has 2 unspecified atom stereocenters. The van der Waals surface area contributed by atoms with Crippen LogP contribution < -0.4 is 21.7 Å². The average molecular weight is 727 g/mol. The molecule has 0 aliphatic rings. The van der Waals surface area contributed by atoms with Crippen molar-refractivity contribution in [3.63, 3.8) is 0 Å². The van der Waals surface area contributed by atoms with Gasteiger partial charge in [-0.1, -0.05) is 51.1 Å². The van der Waals surface area contributed by atoms with Gasteiger partial charge in [0.15, 0.2) is 0 Å². The number of nitrogens with zero attached hydrogens (tertiary/aromatic N) is 2. The van der Waals surface area contributed by atoms with E-state index >= 15 is 0 Å². The number of benzene rings is 2. The highest BCUT2D eigenvalue weighted by atomic mass is 19.1. The van der Waals surface area contributed by atoms with Gasteiger partial charge in [-0.2, -0.15) is 0 Å². The van der Waals surface area contributed by atoms with Crippen LogP contribution in [0.2, 0.25) is 0 Å². The molecule has 0 aliphatic heterocycles. The van der Waals surface area contributed by atoms with Crippen molar-refractivity contribution in [1.82, 2.24) is 25.4 Å². The number of ether oxygens (including phenoxy) is 1. The number of aliphatic hydroxyl groups excluding tert-OH is 1. The lowest BCUT2D eigenvalue weighted by atomic mass is 9.82. The summed E-state index contributed by atoms with van der Waals surface area (Å²) >= 11 is 0. The largest absolute Gasteiger partial charge is 0.469 e. The summed E-state index contributed by atoms with van der Waals surface area (Å²) in [6.07, 6.45) is 1.48. The second-order valence-electron chi connectivity index (χ2n) is 13.3. The fraction of sp³-hybridized carbons (Fsp3) is 0.432. The number of esters is 1. The van der Waals surface area contributed by atoms with Crippen molar-refractivity contribution in [2.45, 2.75) is 58.7 Å². The van der Waals surface area contributed by atoms with Crippen LogP contribution in [0, 0.1) is 17.0 Å². The molecule has 1 aromatic heterocycles. The molecule has 282 valence electrons. The Morgan fingerprint density at radius 1 is 0.942 bits per heavy atom. The van der Waals surface area contributed by atoms with Gasteiger partial charge in [-0.05, 0) is 41.7 Å². The number of amides is 4. The van der Waals surface area contributed by atoms with Crippen molar-refractivity contribution in [3.8, 4) is 11.1 Å². The minimum Gasteiger partial charge on any atom is -0.469 e. The Morgan fingerprint density at radius 2 is 1.63 bits per heavy atom. The predicted octanol–water partition coefficient (Wildman–Crippen LogP) is 2.41. The number of carbonyl (C=O) groups excluding carboxylic acids is 5. The highest BCUT2D eigenvalue weighted by molar-refractivity contribution is 5.86. The van der Waals surface area contributed by atoms with E-state index in [1.807, 2.05) is 55.7 Å². The highest BCUT2D eigenvalue weighted by Crippen LogP contribution is 2.41. The zero-order chi connectivity index (χ0) is 38.4. The molecule has 0 spiro atoms. The van der Waals surface area contributed by atoms with Crippen molar-refractivity contribution >= 4 is 29.6 Å². The zero-order valence-corrected chi connectivity index (χ0v) is 29.9. The van der Waals surface area contributed by atoms with Crippen molar-refractivity contribution in [2.24, 2.45) is 11.1 Å². The molecular formula is C37H48F2N6O7. The minimum absolute atomic E-state index is 0.0128. The first-order chi connectivity index (χ1) is 24.6. The fourth-order valence-corrected chi connectivity index (χ4v) is 5.68. The monoisotopic (exact) mass is 726 g/mol. The molecule has 6 N–H and O–H groups in total. The second-order valence-corrected chi connectivity index (χ2v) is 13.3. The summed E-state index contributed by atoms with van der Waals surface area (Å²) < 4.78 is 35.6. The maximum absolute atomic E-state index is 15.0. The summed E-state index contributed by atoms with van der Waals surface area (Å²) in [6, 6.07) is 12.6. The lowest BCUT2D eigenvalue weighted by molar-refractivity contribution is -0.142. The number of nitrogens with one attached hydrogen (secondary N) is 3. The molecule has 3 rings (SSSR count). The van der Waals surface area contributed by atoms with E-state index in [2.05, 4.69) is 20.7 Å². The molecule has 0 saturated carbocycles. The van der Waals surface area contributed by atoms with Crippen molar-refractivity contribution < 1.29 is 42.6 Å². The Balaban J connectivity index is 1.73. The molecule has 2 atom stereocenters. The van der Waals surface area contributed by atoms with Crippen molar-refractivity contribution in [3.05, 3.63) is 83.7 Å².